The predicted molar refractivity (Wildman–Crippen MR) is 54.5 cm³/mol. The molecule has 2 aromatic rings. The number of aromatic carboxylic acids is 1. The maximum Gasteiger partial charge on any atom is 0.352 e. The number of aromatic nitrogens is 3. The van der Waals surface area contributed by atoms with E-state index in [2.05, 4.69) is 10.1 Å². The van der Waals surface area contributed by atoms with Crippen molar-refractivity contribution in [2.24, 2.45) is 0 Å². The van der Waals surface area contributed by atoms with E-state index >= 15 is 0 Å². The first-order valence-corrected chi connectivity index (χ1v) is 4.82. The fraction of sp³-hybridized carbons (Fsp3) is 0.222. The monoisotopic (exact) mass is 241 g/mol. The van der Waals surface area contributed by atoms with Crippen molar-refractivity contribution in [2.75, 3.05) is 0 Å². The average Bonchev–Trinajstić information content (AvgIpc) is 2.74. The van der Waals surface area contributed by atoms with Gasteiger partial charge in [0.05, 0.1) is 5.02 Å². The minimum absolute atomic E-state index is 0.0841. The molecule has 2 heterocycles. The van der Waals surface area contributed by atoms with Crippen LogP contribution in [0.2, 0.25) is 5.02 Å². The Morgan fingerprint density at radius 2 is 2.44 bits per heavy atom. The summed E-state index contributed by atoms with van der Waals surface area (Å²) in [5.74, 6) is -0.208. The average molecular weight is 242 g/mol. The number of carboxylic acid groups (broad SMARTS) is 1. The number of nitrogens with zero attached hydrogens (tertiary/aromatic N) is 3. The molecule has 0 saturated carbocycles. The summed E-state index contributed by atoms with van der Waals surface area (Å²) in [7, 11) is 0. The highest BCUT2D eigenvalue weighted by Crippen LogP contribution is 2.15. The van der Waals surface area contributed by atoms with Crippen LogP contribution in [-0.2, 0) is 6.54 Å². The Hall–Kier alpha value is -1.82. The molecule has 0 amide bonds. The largest absolute Gasteiger partial charge is 0.477 e. The van der Waals surface area contributed by atoms with Crippen LogP contribution < -0.4 is 0 Å². The number of carboxylic acids is 1. The first-order chi connectivity index (χ1) is 7.56. The van der Waals surface area contributed by atoms with Gasteiger partial charge in [-0.2, -0.15) is 4.98 Å². The van der Waals surface area contributed by atoms with E-state index in [1.54, 1.807) is 6.92 Å². The van der Waals surface area contributed by atoms with Crippen LogP contribution in [-0.4, -0.2) is 25.8 Å². The van der Waals surface area contributed by atoms with Gasteiger partial charge in [-0.1, -0.05) is 16.8 Å². The minimum Gasteiger partial charge on any atom is -0.477 e. The quantitative estimate of drug-likeness (QED) is 0.882. The molecule has 0 unspecified atom stereocenters. The van der Waals surface area contributed by atoms with Gasteiger partial charge in [0.1, 0.15) is 12.2 Å². The number of hydrogen-bond donors (Lipinski definition) is 1. The van der Waals surface area contributed by atoms with Gasteiger partial charge < -0.3 is 14.2 Å². The van der Waals surface area contributed by atoms with Crippen molar-refractivity contribution in [3.05, 3.63) is 34.7 Å². The molecule has 16 heavy (non-hydrogen) atoms. The third kappa shape index (κ3) is 2.06. The lowest BCUT2D eigenvalue weighted by atomic mass is 10.4. The van der Waals surface area contributed by atoms with Gasteiger partial charge in [0.15, 0.2) is 5.82 Å². The molecule has 1 N–H and O–H groups in total. The standard InChI is InChI=1S/C9H8ClN3O3/c1-5-11-8(16-12-5)4-13-3-6(10)2-7(13)9(14)15/h2-3H,4H2,1H3,(H,14,15). The number of carbonyl (C=O) groups is 1. The van der Waals surface area contributed by atoms with Crippen LogP contribution >= 0.6 is 11.6 Å². The third-order valence-electron chi connectivity index (χ3n) is 1.96. The smallest absolute Gasteiger partial charge is 0.352 e. The molecule has 0 aliphatic carbocycles. The van der Waals surface area contributed by atoms with E-state index in [0.29, 0.717) is 16.7 Å². The molecule has 0 atom stereocenters. The summed E-state index contributed by atoms with van der Waals surface area (Å²) in [4.78, 5) is 14.9. The van der Waals surface area contributed by atoms with Gasteiger partial charge in [-0.3, -0.25) is 0 Å². The molecule has 0 aromatic carbocycles. The zero-order chi connectivity index (χ0) is 11.7. The number of halogens is 1. The lowest BCUT2D eigenvalue weighted by Gasteiger charge is -2.00. The van der Waals surface area contributed by atoms with E-state index in [1.807, 2.05) is 0 Å². The molecule has 0 aliphatic heterocycles. The normalized spacial score (nSPS) is 10.6. The zero-order valence-electron chi connectivity index (χ0n) is 8.35. The van der Waals surface area contributed by atoms with Gasteiger partial charge in [-0.25, -0.2) is 4.79 Å². The van der Waals surface area contributed by atoms with Crippen LogP contribution in [0, 0.1) is 6.92 Å². The van der Waals surface area contributed by atoms with Gasteiger partial charge in [0.2, 0.25) is 5.89 Å². The minimum atomic E-state index is -1.05. The van der Waals surface area contributed by atoms with Crippen molar-refractivity contribution in [2.45, 2.75) is 13.5 Å². The van der Waals surface area contributed by atoms with E-state index in [1.165, 1.54) is 16.8 Å². The Kier molecular flexibility index (Phi) is 2.66. The van der Waals surface area contributed by atoms with Crippen molar-refractivity contribution in [3.8, 4) is 0 Å². The molecule has 0 aliphatic rings. The Bertz CT molecular complexity index is 532. The second-order valence-corrected chi connectivity index (χ2v) is 3.65. The first-order valence-electron chi connectivity index (χ1n) is 4.44. The number of hydrogen-bond acceptors (Lipinski definition) is 4. The van der Waals surface area contributed by atoms with Crippen LogP contribution in [0.25, 0.3) is 0 Å². The van der Waals surface area contributed by atoms with E-state index < -0.39 is 5.97 Å². The summed E-state index contributed by atoms with van der Waals surface area (Å²) in [6.45, 7) is 1.88. The summed E-state index contributed by atoms with van der Waals surface area (Å²) in [6, 6.07) is 1.37. The fourth-order valence-corrected chi connectivity index (χ4v) is 1.56. The molecule has 0 bridgehead atoms. The number of rotatable bonds is 3. The molecule has 2 aromatic heterocycles. The van der Waals surface area contributed by atoms with E-state index in [0.717, 1.165) is 0 Å². The lowest BCUT2D eigenvalue weighted by molar-refractivity contribution is 0.0685. The molecule has 6 nitrogen and oxygen atoms in total. The summed E-state index contributed by atoms with van der Waals surface area (Å²) >= 11 is 5.73. The second kappa shape index (κ2) is 3.97. The highest BCUT2D eigenvalue weighted by atomic mass is 35.5. The Labute approximate surface area is 95.4 Å². The van der Waals surface area contributed by atoms with E-state index in [-0.39, 0.29) is 12.2 Å². The van der Waals surface area contributed by atoms with Crippen molar-refractivity contribution >= 4 is 17.6 Å². The van der Waals surface area contributed by atoms with Crippen molar-refractivity contribution in [1.29, 1.82) is 0 Å². The van der Waals surface area contributed by atoms with Crippen LogP contribution in [0.5, 0.6) is 0 Å². The summed E-state index contributed by atoms with van der Waals surface area (Å²) < 4.78 is 6.34. The topological polar surface area (TPSA) is 81.2 Å². The molecular formula is C9H8ClN3O3. The molecule has 0 fully saturated rings. The molecule has 84 valence electrons. The third-order valence-corrected chi connectivity index (χ3v) is 2.16. The summed E-state index contributed by atoms with van der Waals surface area (Å²) in [5.41, 5.74) is 0.0841. The molecule has 2 rings (SSSR count). The molecule has 0 saturated heterocycles. The van der Waals surface area contributed by atoms with E-state index in [9.17, 15) is 4.79 Å². The summed E-state index contributed by atoms with van der Waals surface area (Å²) in [6.07, 6.45) is 1.50. The highest BCUT2D eigenvalue weighted by Gasteiger charge is 2.14. The Morgan fingerprint density at radius 3 is 3.00 bits per heavy atom. The SMILES string of the molecule is Cc1noc(Cn2cc(Cl)cc2C(=O)O)n1. The van der Waals surface area contributed by atoms with Crippen LogP contribution in [0.4, 0.5) is 0 Å². The van der Waals surface area contributed by atoms with Crippen LogP contribution in [0.3, 0.4) is 0 Å². The Balaban J connectivity index is 2.30. The molecular weight excluding hydrogens is 234 g/mol. The van der Waals surface area contributed by atoms with Crippen molar-refractivity contribution in [3.63, 3.8) is 0 Å². The van der Waals surface area contributed by atoms with E-state index in [4.69, 9.17) is 21.2 Å². The van der Waals surface area contributed by atoms with Crippen molar-refractivity contribution in [1.82, 2.24) is 14.7 Å². The van der Waals surface area contributed by atoms with Gasteiger partial charge in [0, 0.05) is 6.20 Å². The van der Waals surface area contributed by atoms with Crippen LogP contribution in [0.15, 0.2) is 16.8 Å². The molecule has 0 radical (unpaired) electrons. The lowest BCUT2D eigenvalue weighted by Crippen LogP contribution is -2.08. The fourth-order valence-electron chi connectivity index (χ4n) is 1.33. The molecule has 7 heteroatoms. The van der Waals surface area contributed by atoms with Gasteiger partial charge in [-0.15, -0.1) is 0 Å². The van der Waals surface area contributed by atoms with Gasteiger partial charge >= 0.3 is 5.97 Å². The highest BCUT2D eigenvalue weighted by molar-refractivity contribution is 6.30. The number of aryl methyl sites for hydroxylation is 1. The first kappa shape index (κ1) is 10.7. The van der Waals surface area contributed by atoms with Crippen molar-refractivity contribution < 1.29 is 14.4 Å². The second-order valence-electron chi connectivity index (χ2n) is 3.21. The van der Waals surface area contributed by atoms with Crippen LogP contribution in [0.1, 0.15) is 22.2 Å². The zero-order valence-corrected chi connectivity index (χ0v) is 9.10. The van der Waals surface area contributed by atoms with Gasteiger partial charge in [-0.05, 0) is 13.0 Å². The predicted octanol–water partition coefficient (Wildman–Crippen LogP) is 1.58. The van der Waals surface area contributed by atoms with Gasteiger partial charge in [0.25, 0.3) is 0 Å². The molecule has 0 spiro atoms. The maximum atomic E-state index is 10.9. The summed E-state index contributed by atoms with van der Waals surface area (Å²) in [5, 5.41) is 12.9. The maximum absolute atomic E-state index is 10.9. The Morgan fingerprint density at radius 1 is 1.69 bits per heavy atom.